The largest absolute Gasteiger partial charge is 0.376 e. The van der Waals surface area contributed by atoms with Gasteiger partial charge in [0.05, 0.1) is 11.6 Å². The number of methoxy groups -OCH3 is 1. The topological polar surface area (TPSA) is 21.3 Å². The first kappa shape index (κ1) is 13.6. The quantitative estimate of drug-likeness (QED) is 0.831. The van der Waals surface area contributed by atoms with Crippen molar-refractivity contribution in [2.24, 2.45) is 0 Å². The Morgan fingerprint density at radius 3 is 2.61 bits per heavy atom. The van der Waals surface area contributed by atoms with E-state index in [9.17, 15) is 0 Å². The Bertz CT molecular complexity index is 379. The van der Waals surface area contributed by atoms with Crippen molar-refractivity contribution in [1.29, 1.82) is 0 Å². The van der Waals surface area contributed by atoms with Gasteiger partial charge in [0, 0.05) is 7.11 Å². The summed E-state index contributed by atoms with van der Waals surface area (Å²) in [5.74, 6) is 0. The van der Waals surface area contributed by atoms with Crippen LogP contribution in [0.3, 0.4) is 0 Å². The van der Waals surface area contributed by atoms with E-state index in [2.05, 4.69) is 43.4 Å². The van der Waals surface area contributed by atoms with Gasteiger partial charge in [0.1, 0.15) is 0 Å². The van der Waals surface area contributed by atoms with Gasteiger partial charge >= 0.3 is 0 Å². The molecule has 0 aromatic heterocycles. The van der Waals surface area contributed by atoms with Crippen molar-refractivity contribution >= 4 is 0 Å². The molecular formula is C16H25NO. The minimum atomic E-state index is 0.0162. The summed E-state index contributed by atoms with van der Waals surface area (Å²) in [5.41, 5.74) is 2.79. The molecule has 1 aliphatic carbocycles. The van der Waals surface area contributed by atoms with E-state index in [4.69, 9.17) is 4.74 Å². The minimum absolute atomic E-state index is 0.0162. The Morgan fingerprint density at radius 1 is 1.33 bits per heavy atom. The first-order chi connectivity index (χ1) is 8.75. The first-order valence-electron chi connectivity index (χ1n) is 7.13. The van der Waals surface area contributed by atoms with Crippen molar-refractivity contribution in [3.05, 3.63) is 35.4 Å². The smallest absolute Gasteiger partial charge is 0.0872 e. The summed E-state index contributed by atoms with van der Waals surface area (Å²) < 4.78 is 5.85. The zero-order chi connectivity index (χ0) is 13.0. The molecule has 1 unspecified atom stereocenters. The van der Waals surface area contributed by atoms with E-state index in [1.165, 1.54) is 17.5 Å². The third-order valence-electron chi connectivity index (χ3n) is 4.23. The molecule has 2 rings (SSSR count). The highest BCUT2D eigenvalue weighted by atomic mass is 16.5. The second-order valence-electron chi connectivity index (χ2n) is 5.21. The molecule has 100 valence electrons. The van der Waals surface area contributed by atoms with Crippen LogP contribution in [0.2, 0.25) is 0 Å². The molecule has 1 saturated carbocycles. The van der Waals surface area contributed by atoms with Crippen LogP contribution in [0.25, 0.3) is 0 Å². The number of hydrogen-bond acceptors (Lipinski definition) is 2. The molecule has 2 nitrogen and oxygen atoms in total. The Hall–Kier alpha value is -0.860. The van der Waals surface area contributed by atoms with E-state index in [0.717, 1.165) is 25.8 Å². The molecule has 0 radical (unpaired) electrons. The van der Waals surface area contributed by atoms with Crippen LogP contribution in [0.15, 0.2) is 24.3 Å². The Morgan fingerprint density at radius 2 is 2.11 bits per heavy atom. The van der Waals surface area contributed by atoms with Crippen molar-refractivity contribution in [2.75, 3.05) is 13.7 Å². The standard InChI is InChI=1S/C16H25NO/c1-4-13-8-6-9-14(12-13)15(17-5-2)16(18-3)10-7-11-16/h6,8-9,12,15,17H,4-5,7,10-11H2,1-3H3. The summed E-state index contributed by atoms with van der Waals surface area (Å²) in [6.45, 7) is 5.35. The van der Waals surface area contributed by atoms with Gasteiger partial charge in [0.25, 0.3) is 0 Å². The number of aryl methyl sites for hydroxylation is 1. The summed E-state index contributed by atoms with van der Waals surface area (Å²) in [7, 11) is 1.85. The Kier molecular flexibility index (Phi) is 4.41. The van der Waals surface area contributed by atoms with Crippen molar-refractivity contribution in [3.8, 4) is 0 Å². The fourth-order valence-corrected chi connectivity index (χ4v) is 2.94. The summed E-state index contributed by atoms with van der Waals surface area (Å²) in [5, 5.41) is 3.62. The van der Waals surface area contributed by atoms with E-state index in [0.29, 0.717) is 6.04 Å². The van der Waals surface area contributed by atoms with Crippen LogP contribution in [0.5, 0.6) is 0 Å². The molecule has 1 aromatic carbocycles. The molecule has 18 heavy (non-hydrogen) atoms. The first-order valence-corrected chi connectivity index (χ1v) is 7.13. The van der Waals surface area contributed by atoms with Gasteiger partial charge in [-0.25, -0.2) is 0 Å². The monoisotopic (exact) mass is 247 g/mol. The number of rotatable bonds is 6. The molecule has 0 spiro atoms. The summed E-state index contributed by atoms with van der Waals surface area (Å²) in [6, 6.07) is 9.25. The summed E-state index contributed by atoms with van der Waals surface area (Å²) in [4.78, 5) is 0. The van der Waals surface area contributed by atoms with Crippen LogP contribution < -0.4 is 5.32 Å². The van der Waals surface area contributed by atoms with E-state index in [-0.39, 0.29) is 5.60 Å². The third-order valence-corrected chi connectivity index (χ3v) is 4.23. The van der Waals surface area contributed by atoms with E-state index < -0.39 is 0 Å². The number of benzene rings is 1. The lowest BCUT2D eigenvalue weighted by atomic mass is 9.72. The maximum Gasteiger partial charge on any atom is 0.0872 e. The molecule has 1 N–H and O–H groups in total. The van der Waals surface area contributed by atoms with Crippen LogP contribution in [-0.2, 0) is 11.2 Å². The molecule has 2 heteroatoms. The lowest BCUT2D eigenvalue weighted by Gasteiger charge is -2.47. The van der Waals surface area contributed by atoms with Gasteiger partial charge in [-0.2, -0.15) is 0 Å². The molecule has 0 heterocycles. The molecular weight excluding hydrogens is 222 g/mol. The van der Waals surface area contributed by atoms with Gasteiger partial charge in [-0.1, -0.05) is 38.1 Å². The fraction of sp³-hybridized carbons (Fsp3) is 0.625. The van der Waals surface area contributed by atoms with E-state index in [1.54, 1.807) is 0 Å². The van der Waals surface area contributed by atoms with Crippen LogP contribution in [0, 0.1) is 0 Å². The van der Waals surface area contributed by atoms with Gasteiger partial charge in [0.15, 0.2) is 0 Å². The van der Waals surface area contributed by atoms with Crippen LogP contribution in [-0.4, -0.2) is 19.3 Å². The van der Waals surface area contributed by atoms with Crippen LogP contribution in [0.4, 0.5) is 0 Å². The molecule has 0 aliphatic heterocycles. The van der Waals surface area contributed by atoms with Crippen LogP contribution >= 0.6 is 0 Å². The van der Waals surface area contributed by atoms with Crippen LogP contribution in [0.1, 0.15) is 50.3 Å². The highest BCUT2D eigenvalue weighted by Crippen LogP contribution is 2.44. The number of ether oxygens (including phenoxy) is 1. The molecule has 0 saturated heterocycles. The zero-order valence-corrected chi connectivity index (χ0v) is 11.8. The second kappa shape index (κ2) is 5.85. The predicted octanol–water partition coefficient (Wildman–Crippen LogP) is 3.47. The van der Waals surface area contributed by atoms with Crippen molar-refractivity contribution in [3.63, 3.8) is 0 Å². The van der Waals surface area contributed by atoms with Crippen molar-refractivity contribution in [1.82, 2.24) is 5.32 Å². The number of likely N-dealkylation sites (N-methyl/N-ethyl adjacent to an activating group) is 1. The van der Waals surface area contributed by atoms with Gasteiger partial charge in [-0.15, -0.1) is 0 Å². The lowest BCUT2D eigenvalue weighted by Crippen LogP contribution is -2.50. The minimum Gasteiger partial charge on any atom is -0.376 e. The zero-order valence-electron chi connectivity index (χ0n) is 11.8. The third kappa shape index (κ3) is 2.45. The molecule has 1 atom stereocenters. The SMILES string of the molecule is CCNC(c1cccc(CC)c1)C1(OC)CCC1. The van der Waals surface area contributed by atoms with E-state index in [1.807, 2.05) is 7.11 Å². The lowest BCUT2D eigenvalue weighted by molar-refractivity contribution is -0.0995. The van der Waals surface area contributed by atoms with E-state index >= 15 is 0 Å². The maximum absolute atomic E-state index is 5.85. The van der Waals surface area contributed by atoms with Gasteiger partial charge in [0.2, 0.25) is 0 Å². The van der Waals surface area contributed by atoms with Gasteiger partial charge < -0.3 is 10.1 Å². The molecule has 1 fully saturated rings. The fourth-order valence-electron chi connectivity index (χ4n) is 2.94. The highest BCUT2D eigenvalue weighted by molar-refractivity contribution is 5.29. The number of hydrogen-bond donors (Lipinski definition) is 1. The van der Waals surface area contributed by atoms with Gasteiger partial charge in [-0.05, 0) is 43.4 Å². The summed E-state index contributed by atoms with van der Waals surface area (Å²) >= 11 is 0. The molecule has 0 amide bonds. The summed E-state index contributed by atoms with van der Waals surface area (Å²) in [6.07, 6.45) is 4.70. The molecule has 0 bridgehead atoms. The Balaban J connectivity index is 2.28. The maximum atomic E-state index is 5.85. The number of nitrogens with one attached hydrogen (secondary N) is 1. The molecule has 1 aliphatic rings. The normalized spacial score (nSPS) is 19.3. The highest BCUT2D eigenvalue weighted by Gasteiger charge is 2.44. The molecule has 1 aromatic rings. The van der Waals surface area contributed by atoms with Crippen molar-refractivity contribution < 1.29 is 4.74 Å². The van der Waals surface area contributed by atoms with Gasteiger partial charge in [-0.3, -0.25) is 0 Å². The average molecular weight is 247 g/mol. The predicted molar refractivity (Wildman–Crippen MR) is 75.8 cm³/mol. The average Bonchev–Trinajstić information content (AvgIpc) is 2.37. The Labute approximate surface area is 111 Å². The second-order valence-corrected chi connectivity index (χ2v) is 5.21. The van der Waals surface area contributed by atoms with Crippen molar-refractivity contribution in [2.45, 2.75) is 51.2 Å².